The molecule has 1 unspecified atom stereocenters. The van der Waals surface area contributed by atoms with Gasteiger partial charge in [-0.2, -0.15) is 0 Å². The van der Waals surface area contributed by atoms with E-state index in [-0.39, 0.29) is 23.0 Å². The third-order valence-corrected chi connectivity index (χ3v) is 5.97. The zero-order valence-corrected chi connectivity index (χ0v) is 14.6. The van der Waals surface area contributed by atoms with Crippen molar-refractivity contribution >= 4 is 27.3 Å². The number of halogens is 1. The lowest BCUT2D eigenvalue weighted by atomic mass is 9.91. The standard InChI is InChI=1S/C15H23ClN2O2S/c1-15(2,3)13-7-11(9-16)8-14(17-13)18(4)12-5-6-21(19,20)10-12/h7-8,12H,5-6,9-10H2,1-4H3. The fourth-order valence-electron chi connectivity index (χ4n) is 2.48. The number of aromatic nitrogens is 1. The predicted octanol–water partition coefficient (Wildman–Crippen LogP) is 2.74. The van der Waals surface area contributed by atoms with Gasteiger partial charge in [-0.25, -0.2) is 13.4 Å². The Hall–Kier alpha value is -0.810. The summed E-state index contributed by atoms with van der Waals surface area (Å²) in [6.45, 7) is 6.32. The van der Waals surface area contributed by atoms with Crippen molar-refractivity contribution in [3.8, 4) is 0 Å². The van der Waals surface area contributed by atoms with Gasteiger partial charge >= 0.3 is 0 Å². The molecule has 0 N–H and O–H groups in total. The van der Waals surface area contributed by atoms with E-state index in [1.165, 1.54) is 0 Å². The van der Waals surface area contributed by atoms with Crippen LogP contribution in [0.25, 0.3) is 0 Å². The van der Waals surface area contributed by atoms with Crippen LogP contribution in [0, 0.1) is 0 Å². The zero-order valence-electron chi connectivity index (χ0n) is 13.1. The second-order valence-electron chi connectivity index (χ2n) is 6.77. The minimum Gasteiger partial charge on any atom is -0.356 e. The normalized spacial score (nSPS) is 21.5. The second-order valence-corrected chi connectivity index (χ2v) is 9.27. The number of anilines is 1. The molecule has 118 valence electrons. The average molecular weight is 331 g/mol. The smallest absolute Gasteiger partial charge is 0.152 e. The Labute approximate surface area is 132 Å². The third-order valence-electron chi connectivity index (χ3n) is 3.91. The number of alkyl halides is 1. The lowest BCUT2D eigenvalue weighted by Crippen LogP contribution is -2.33. The molecular weight excluding hydrogens is 308 g/mol. The molecule has 1 aliphatic heterocycles. The Bertz CT molecular complexity index is 623. The Morgan fingerprint density at radius 3 is 2.52 bits per heavy atom. The molecule has 1 aromatic rings. The van der Waals surface area contributed by atoms with E-state index in [9.17, 15) is 8.42 Å². The SMILES string of the molecule is CN(c1cc(CCl)cc(C(C)(C)C)n1)C1CCS(=O)(=O)C1. The fourth-order valence-corrected chi connectivity index (χ4v) is 4.41. The van der Waals surface area contributed by atoms with Crippen LogP contribution in [0.5, 0.6) is 0 Å². The molecule has 0 bridgehead atoms. The third kappa shape index (κ3) is 3.89. The highest BCUT2D eigenvalue weighted by Gasteiger charge is 2.31. The van der Waals surface area contributed by atoms with E-state index in [0.717, 1.165) is 17.1 Å². The summed E-state index contributed by atoms with van der Waals surface area (Å²) in [6, 6.07) is 3.98. The Kier molecular flexibility index (Phi) is 4.54. The summed E-state index contributed by atoms with van der Waals surface area (Å²) < 4.78 is 23.3. The molecule has 6 heteroatoms. The Morgan fingerprint density at radius 2 is 2.05 bits per heavy atom. The first-order chi connectivity index (χ1) is 9.62. The summed E-state index contributed by atoms with van der Waals surface area (Å²) >= 11 is 5.99. The van der Waals surface area contributed by atoms with E-state index in [1.807, 2.05) is 24.1 Å². The van der Waals surface area contributed by atoms with E-state index in [2.05, 4.69) is 20.8 Å². The fraction of sp³-hybridized carbons (Fsp3) is 0.667. The van der Waals surface area contributed by atoms with E-state index in [1.54, 1.807) is 0 Å². The number of sulfone groups is 1. The number of pyridine rings is 1. The number of hydrogen-bond donors (Lipinski definition) is 0. The topological polar surface area (TPSA) is 50.3 Å². The molecule has 0 radical (unpaired) electrons. The summed E-state index contributed by atoms with van der Waals surface area (Å²) in [5.41, 5.74) is 1.92. The van der Waals surface area contributed by atoms with Crippen molar-refractivity contribution < 1.29 is 8.42 Å². The van der Waals surface area contributed by atoms with Crippen molar-refractivity contribution in [2.24, 2.45) is 0 Å². The van der Waals surface area contributed by atoms with Gasteiger partial charge in [0.1, 0.15) is 5.82 Å². The summed E-state index contributed by atoms with van der Waals surface area (Å²) in [5, 5.41) is 0. The van der Waals surface area contributed by atoms with Crippen LogP contribution >= 0.6 is 11.6 Å². The number of hydrogen-bond acceptors (Lipinski definition) is 4. The van der Waals surface area contributed by atoms with Gasteiger partial charge in [0.05, 0.1) is 11.5 Å². The Morgan fingerprint density at radius 1 is 1.38 bits per heavy atom. The van der Waals surface area contributed by atoms with Crippen LogP contribution in [0.15, 0.2) is 12.1 Å². The molecule has 2 heterocycles. The molecule has 1 saturated heterocycles. The number of nitrogens with zero attached hydrogens (tertiary/aromatic N) is 2. The molecular formula is C15H23ClN2O2S. The highest BCUT2D eigenvalue weighted by atomic mass is 35.5. The summed E-state index contributed by atoms with van der Waals surface area (Å²) in [4.78, 5) is 6.70. The van der Waals surface area contributed by atoms with Crippen molar-refractivity contribution in [3.63, 3.8) is 0 Å². The molecule has 0 aromatic carbocycles. The van der Waals surface area contributed by atoms with E-state index in [0.29, 0.717) is 12.3 Å². The van der Waals surface area contributed by atoms with Gasteiger partial charge in [0.2, 0.25) is 0 Å². The monoisotopic (exact) mass is 330 g/mol. The van der Waals surface area contributed by atoms with Crippen LogP contribution in [0.1, 0.15) is 38.4 Å². The first kappa shape index (κ1) is 16.6. The maximum Gasteiger partial charge on any atom is 0.152 e. The van der Waals surface area contributed by atoms with Crippen LogP contribution in [-0.2, 0) is 21.1 Å². The van der Waals surface area contributed by atoms with E-state index < -0.39 is 9.84 Å². The molecule has 2 rings (SSSR count). The number of rotatable bonds is 3. The Balaban J connectivity index is 2.35. The van der Waals surface area contributed by atoms with Gasteiger partial charge in [0, 0.05) is 30.1 Å². The molecule has 4 nitrogen and oxygen atoms in total. The maximum absolute atomic E-state index is 11.7. The minimum absolute atomic E-state index is 0.000828. The molecule has 0 amide bonds. The molecule has 0 saturated carbocycles. The van der Waals surface area contributed by atoms with E-state index >= 15 is 0 Å². The van der Waals surface area contributed by atoms with Gasteiger partial charge in [0.25, 0.3) is 0 Å². The van der Waals surface area contributed by atoms with Crippen molar-refractivity contribution in [2.45, 2.75) is 44.5 Å². The van der Waals surface area contributed by atoms with Gasteiger partial charge in [-0.05, 0) is 24.1 Å². The minimum atomic E-state index is -2.90. The lowest BCUT2D eigenvalue weighted by molar-refractivity contribution is 0.565. The molecule has 1 atom stereocenters. The largest absolute Gasteiger partial charge is 0.356 e. The van der Waals surface area contributed by atoms with E-state index in [4.69, 9.17) is 16.6 Å². The van der Waals surface area contributed by atoms with Gasteiger partial charge in [0.15, 0.2) is 9.84 Å². The molecule has 21 heavy (non-hydrogen) atoms. The highest BCUT2D eigenvalue weighted by Crippen LogP contribution is 2.27. The quantitative estimate of drug-likeness (QED) is 0.800. The zero-order chi connectivity index (χ0) is 15.8. The van der Waals surface area contributed by atoms with Gasteiger partial charge in [-0.1, -0.05) is 20.8 Å². The van der Waals surface area contributed by atoms with Gasteiger partial charge in [-0.3, -0.25) is 0 Å². The summed E-state index contributed by atoms with van der Waals surface area (Å²) in [6.07, 6.45) is 0.663. The predicted molar refractivity (Wildman–Crippen MR) is 88.0 cm³/mol. The van der Waals surface area contributed by atoms with Crippen LogP contribution in [-0.4, -0.2) is 38.0 Å². The first-order valence-electron chi connectivity index (χ1n) is 7.13. The van der Waals surface area contributed by atoms with Crippen molar-refractivity contribution in [2.75, 3.05) is 23.5 Å². The second kappa shape index (κ2) is 5.76. The van der Waals surface area contributed by atoms with Crippen LogP contribution in [0.2, 0.25) is 0 Å². The molecule has 1 aromatic heterocycles. The average Bonchev–Trinajstić information content (AvgIpc) is 2.76. The van der Waals surface area contributed by atoms with Gasteiger partial charge in [-0.15, -0.1) is 11.6 Å². The summed E-state index contributed by atoms with van der Waals surface area (Å²) in [7, 11) is -0.983. The first-order valence-corrected chi connectivity index (χ1v) is 9.48. The van der Waals surface area contributed by atoms with Crippen LogP contribution in [0.3, 0.4) is 0 Å². The summed E-state index contributed by atoms with van der Waals surface area (Å²) in [5.74, 6) is 1.71. The lowest BCUT2D eigenvalue weighted by Gasteiger charge is -2.27. The van der Waals surface area contributed by atoms with Crippen LogP contribution in [0.4, 0.5) is 5.82 Å². The molecule has 0 aliphatic carbocycles. The highest BCUT2D eigenvalue weighted by molar-refractivity contribution is 7.91. The van der Waals surface area contributed by atoms with Crippen molar-refractivity contribution in [1.29, 1.82) is 0 Å². The molecule has 1 fully saturated rings. The van der Waals surface area contributed by atoms with Crippen LogP contribution < -0.4 is 4.90 Å². The molecule has 1 aliphatic rings. The van der Waals surface area contributed by atoms with Crippen molar-refractivity contribution in [3.05, 3.63) is 23.4 Å². The van der Waals surface area contributed by atoms with Crippen molar-refractivity contribution in [1.82, 2.24) is 4.98 Å². The van der Waals surface area contributed by atoms with Gasteiger partial charge < -0.3 is 4.90 Å². The molecule has 0 spiro atoms. The maximum atomic E-state index is 11.7.